The molecule has 0 aromatic heterocycles. The highest BCUT2D eigenvalue weighted by Crippen LogP contribution is 2.44. The summed E-state index contributed by atoms with van der Waals surface area (Å²) in [5.74, 6) is -5.34. The molecule has 1 aliphatic carbocycles. The first-order valence-electron chi connectivity index (χ1n) is 5.18. The second-order valence-corrected chi connectivity index (χ2v) is 4.96. The maximum absolute atomic E-state index is 13.6. The molecule has 1 fully saturated rings. The number of rotatable bonds is 4. The van der Waals surface area contributed by atoms with E-state index >= 15 is 0 Å². The highest BCUT2D eigenvalue weighted by atomic mass is 19.3. The summed E-state index contributed by atoms with van der Waals surface area (Å²) in [4.78, 5) is 11.3. The number of aliphatic hydroxyl groups is 2. The van der Waals surface area contributed by atoms with Crippen LogP contribution in [0.1, 0.15) is 33.1 Å². The van der Waals surface area contributed by atoms with Crippen molar-refractivity contribution in [3.63, 3.8) is 0 Å². The summed E-state index contributed by atoms with van der Waals surface area (Å²) < 4.78 is 27.1. The molecule has 0 bridgehead atoms. The SMILES string of the molecule is CC(C)(CO)NC(=O)C(F)(F)C1(O)CCC1. The van der Waals surface area contributed by atoms with Crippen LogP contribution in [0.2, 0.25) is 0 Å². The molecule has 1 amide bonds. The first-order chi connectivity index (χ1) is 7.15. The van der Waals surface area contributed by atoms with Crippen LogP contribution in [0, 0.1) is 0 Å². The third-order valence-corrected chi connectivity index (χ3v) is 2.90. The van der Waals surface area contributed by atoms with E-state index < -0.39 is 29.6 Å². The zero-order valence-electron chi connectivity index (χ0n) is 9.39. The molecule has 4 nitrogen and oxygen atoms in total. The van der Waals surface area contributed by atoms with Gasteiger partial charge in [-0.1, -0.05) is 0 Å². The van der Waals surface area contributed by atoms with Crippen molar-refractivity contribution in [2.45, 2.75) is 50.2 Å². The second-order valence-electron chi connectivity index (χ2n) is 4.96. The molecule has 1 saturated carbocycles. The molecule has 16 heavy (non-hydrogen) atoms. The summed E-state index contributed by atoms with van der Waals surface area (Å²) >= 11 is 0. The van der Waals surface area contributed by atoms with E-state index in [0.29, 0.717) is 6.42 Å². The zero-order valence-corrected chi connectivity index (χ0v) is 9.39. The topological polar surface area (TPSA) is 69.6 Å². The van der Waals surface area contributed by atoms with Gasteiger partial charge in [0.2, 0.25) is 0 Å². The first kappa shape index (κ1) is 13.3. The predicted molar refractivity (Wildman–Crippen MR) is 53.1 cm³/mol. The molecule has 1 aliphatic rings. The number of halogens is 2. The van der Waals surface area contributed by atoms with Crippen molar-refractivity contribution >= 4 is 5.91 Å². The molecule has 0 aromatic carbocycles. The van der Waals surface area contributed by atoms with Gasteiger partial charge in [-0.15, -0.1) is 0 Å². The molecule has 0 radical (unpaired) electrons. The van der Waals surface area contributed by atoms with Crippen LogP contribution in [0.3, 0.4) is 0 Å². The Kier molecular flexibility index (Phi) is 3.27. The number of carbonyl (C=O) groups is 1. The van der Waals surface area contributed by atoms with Crippen LogP contribution in [-0.2, 0) is 4.79 Å². The largest absolute Gasteiger partial charge is 0.394 e. The molecular formula is C10H17F2NO3. The fourth-order valence-corrected chi connectivity index (χ4v) is 1.46. The summed E-state index contributed by atoms with van der Waals surface area (Å²) in [5, 5.41) is 20.4. The summed E-state index contributed by atoms with van der Waals surface area (Å²) in [7, 11) is 0. The quantitative estimate of drug-likeness (QED) is 0.664. The van der Waals surface area contributed by atoms with E-state index in [2.05, 4.69) is 0 Å². The highest BCUT2D eigenvalue weighted by Gasteiger charge is 2.61. The number of hydrogen-bond acceptors (Lipinski definition) is 3. The predicted octanol–water partition coefficient (Wildman–Crippen LogP) is 0.424. The van der Waals surface area contributed by atoms with E-state index in [0.717, 1.165) is 0 Å². The summed E-state index contributed by atoms with van der Waals surface area (Å²) in [6, 6.07) is 0. The van der Waals surface area contributed by atoms with Crippen LogP contribution in [0.4, 0.5) is 8.78 Å². The second kappa shape index (κ2) is 3.92. The molecule has 0 aliphatic heterocycles. The van der Waals surface area contributed by atoms with Gasteiger partial charge in [0.05, 0.1) is 12.1 Å². The average molecular weight is 237 g/mol. The van der Waals surface area contributed by atoms with Crippen molar-refractivity contribution in [2.24, 2.45) is 0 Å². The maximum Gasteiger partial charge on any atom is 0.352 e. The van der Waals surface area contributed by atoms with Gasteiger partial charge in [0.25, 0.3) is 5.91 Å². The van der Waals surface area contributed by atoms with Gasteiger partial charge >= 0.3 is 5.92 Å². The van der Waals surface area contributed by atoms with E-state index in [4.69, 9.17) is 5.11 Å². The maximum atomic E-state index is 13.6. The number of nitrogens with one attached hydrogen (secondary N) is 1. The van der Waals surface area contributed by atoms with Crippen molar-refractivity contribution in [3.05, 3.63) is 0 Å². The lowest BCUT2D eigenvalue weighted by Gasteiger charge is -2.42. The minimum Gasteiger partial charge on any atom is -0.394 e. The lowest BCUT2D eigenvalue weighted by Crippen LogP contribution is -2.63. The number of amides is 1. The van der Waals surface area contributed by atoms with Gasteiger partial charge in [-0.3, -0.25) is 4.79 Å². The molecule has 0 unspecified atom stereocenters. The Balaban J connectivity index is 2.73. The van der Waals surface area contributed by atoms with Crippen LogP contribution in [0.5, 0.6) is 0 Å². The smallest absolute Gasteiger partial charge is 0.352 e. The fourth-order valence-electron chi connectivity index (χ4n) is 1.46. The van der Waals surface area contributed by atoms with Gasteiger partial charge in [0.15, 0.2) is 0 Å². The van der Waals surface area contributed by atoms with Crippen molar-refractivity contribution in [2.75, 3.05) is 6.61 Å². The van der Waals surface area contributed by atoms with Gasteiger partial charge in [-0.2, -0.15) is 8.78 Å². The molecule has 0 atom stereocenters. The molecule has 94 valence electrons. The van der Waals surface area contributed by atoms with Gasteiger partial charge in [0.1, 0.15) is 5.60 Å². The fraction of sp³-hybridized carbons (Fsp3) is 0.900. The summed E-state index contributed by atoms with van der Waals surface area (Å²) in [6.07, 6.45) is 0.336. The third-order valence-electron chi connectivity index (χ3n) is 2.90. The standard InChI is InChI=1S/C10H17F2NO3/c1-8(2,6-14)13-7(15)10(11,12)9(16)4-3-5-9/h14,16H,3-6H2,1-2H3,(H,13,15). The minimum atomic E-state index is -3.81. The van der Waals surface area contributed by atoms with Crippen LogP contribution in [-0.4, -0.2) is 39.8 Å². The summed E-state index contributed by atoms with van der Waals surface area (Å²) in [6.45, 7) is 2.39. The number of hydrogen-bond donors (Lipinski definition) is 3. The van der Waals surface area contributed by atoms with E-state index in [1.54, 1.807) is 0 Å². The number of alkyl halides is 2. The number of carbonyl (C=O) groups excluding carboxylic acids is 1. The average Bonchev–Trinajstić information content (AvgIpc) is 2.13. The van der Waals surface area contributed by atoms with Gasteiger partial charge in [0, 0.05) is 0 Å². The van der Waals surface area contributed by atoms with Crippen molar-refractivity contribution in [3.8, 4) is 0 Å². The Bertz CT molecular complexity index is 288. The Labute approximate surface area is 92.6 Å². The highest BCUT2D eigenvalue weighted by molar-refractivity contribution is 5.85. The molecule has 0 spiro atoms. The Morgan fingerprint density at radius 3 is 2.25 bits per heavy atom. The Morgan fingerprint density at radius 1 is 1.44 bits per heavy atom. The number of aliphatic hydroxyl groups excluding tert-OH is 1. The Hall–Kier alpha value is -0.750. The van der Waals surface area contributed by atoms with Crippen LogP contribution < -0.4 is 5.32 Å². The minimum absolute atomic E-state index is 0.0764. The van der Waals surface area contributed by atoms with E-state index in [1.807, 2.05) is 5.32 Å². The van der Waals surface area contributed by atoms with Crippen molar-refractivity contribution < 1.29 is 23.8 Å². The third kappa shape index (κ3) is 2.17. The van der Waals surface area contributed by atoms with Crippen LogP contribution >= 0.6 is 0 Å². The molecule has 6 heteroatoms. The molecular weight excluding hydrogens is 220 g/mol. The van der Waals surface area contributed by atoms with Gasteiger partial charge in [-0.05, 0) is 33.1 Å². The lowest BCUT2D eigenvalue weighted by atomic mass is 9.75. The van der Waals surface area contributed by atoms with E-state index in [9.17, 15) is 18.7 Å². The van der Waals surface area contributed by atoms with Crippen LogP contribution in [0.25, 0.3) is 0 Å². The molecule has 0 heterocycles. The Morgan fingerprint density at radius 2 is 1.94 bits per heavy atom. The van der Waals surface area contributed by atoms with Gasteiger partial charge < -0.3 is 15.5 Å². The summed E-state index contributed by atoms with van der Waals surface area (Å²) in [5.41, 5.74) is -3.34. The molecule has 0 aromatic rings. The van der Waals surface area contributed by atoms with Gasteiger partial charge in [-0.25, -0.2) is 0 Å². The zero-order chi connectivity index (χ0) is 12.6. The lowest BCUT2D eigenvalue weighted by molar-refractivity contribution is -0.217. The normalized spacial score (nSPS) is 20.1. The molecule has 1 rings (SSSR count). The van der Waals surface area contributed by atoms with Crippen molar-refractivity contribution in [1.82, 2.24) is 5.32 Å². The monoisotopic (exact) mass is 237 g/mol. The van der Waals surface area contributed by atoms with Crippen LogP contribution in [0.15, 0.2) is 0 Å². The van der Waals surface area contributed by atoms with E-state index in [1.165, 1.54) is 13.8 Å². The van der Waals surface area contributed by atoms with E-state index in [-0.39, 0.29) is 12.8 Å². The van der Waals surface area contributed by atoms with Crippen molar-refractivity contribution in [1.29, 1.82) is 0 Å². The molecule has 0 saturated heterocycles. The molecule has 3 N–H and O–H groups in total. The first-order valence-corrected chi connectivity index (χ1v) is 5.18.